The van der Waals surface area contributed by atoms with E-state index < -0.39 is 61.9 Å². The summed E-state index contributed by atoms with van der Waals surface area (Å²) in [6, 6.07) is 4.69. The lowest BCUT2D eigenvalue weighted by Gasteiger charge is -2.38. The number of sulfone groups is 1. The van der Waals surface area contributed by atoms with Gasteiger partial charge in [-0.2, -0.15) is 0 Å². The molecule has 2 saturated carbocycles. The lowest BCUT2D eigenvalue weighted by Crippen LogP contribution is -2.50. The molecule has 4 rings (SSSR count). The summed E-state index contributed by atoms with van der Waals surface area (Å²) in [6.07, 6.45) is 0.792. The van der Waals surface area contributed by atoms with Gasteiger partial charge in [-0.1, -0.05) is 11.6 Å². The molecular weight excluding hydrogens is 511 g/mol. The molecule has 12 heteroatoms. The fraction of sp³-hybridized carbons (Fsp3) is 0.391. The number of halogens is 4. The molecule has 2 aliphatic rings. The van der Waals surface area contributed by atoms with Crippen LogP contribution in [0.15, 0.2) is 35.2 Å². The van der Waals surface area contributed by atoms with Crippen LogP contribution in [0.5, 0.6) is 0 Å². The van der Waals surface area contributed by atoms with Crippen LogP contribution < -0.4 is 5.32 Å². The fourth-order valence-corrected chi connectivity index (χ4v) is 8.07. The Morgan fingerprint density at radius 2 is 1.66 bits per heavy atom. The number of anilines is 1. The number of hydrogen-bond donors (Lipinski definition) is 2. The number of benzene rings is 2. The number of methoxy groups -OCH3 is 1. The van der Waals surface area contributed by atoms with Gasteiger partial charge in [-0.15, -0.1) is 0 Å². The molecule has 35 heavy (non-hydrogen) atoms. The average molecular weight is 532 g/mol. The van der Waals surface area contributed by atoms with Crippen LogP contribution >= 0.6 is 11.6 Å². The zero-order valence-corrected chi connectivity index (χ0v) is 19.9. The molecular formula is C23H21ClF3NO6S. The highest BCUT2D eigenvalue weighted by atomic mass is 35.5. The first-order valence-electron chi connectivity index (χ1n) is 10.7. The van der Waals surface area contributed by atoms with Gasteiger partial charge in [0.15, 0.2) is 32.9 Å². The van der Waals surface area contributed by atoms with Crippen molar-refractivity contribution in [2.45, 2.75) is 41.4 Å². The Morgan fingerprint density at radius 3 is 2.20 bits per heavy atom. The molecule has 1 amide bonds. The standard InChI is InChI=1S/C23H21ClF3NO6S/c1-34-22(30)23(31)9-12-2-3-13(10-23)20(12)35(32,33)18-6-11(4-5-15(18)24)21(29)28-14-7-16(25)19(27)17(26)8-14/h4-8,12-13,20,31H,2-3,9-10H2,1H3,(H,28,29)/t12-,13?,20+,23+/m0/s1. The van der Waals surface area contributed by atoms with E-state index in [1.807, 2.05) is 0 Å². The Balaban J connectivity index is 1.62. The number of aliphatic hydroxyl groups is 1. The van der Waals surface area contributed by atoms with Crippen molar-refractivity contribution >= 4 is 39.0 Å². The predicted octanol–water partition coefficient (Wildman–Crippen LogP) is 3.88. The van der Waals surface area contributed by atoms with Crippen molar-refractivity contribution in [2.24, 2.45) is 11.8 Å². The SMILES string of the molecule is COC(=O)[C@]1(O)CC2CC[C@@H](C1)[C@H]2S(=O)(=O)c1cc(C(=O)Nc2cc(F)c(F)c(F)c2)ccc1Cl. The van der Waals surface area contributed by atoms with Crippen molar-refractivity contribution < 1.29 is 41.0 Å². The van der Waals surface area contributed by atoms with Crippen LogP contribution in [0, 0.1) is 29.3 Å². The second kappa shape index (κ2) is 9.11. The van der Waals surface area contributed by atoms with Crippen molar-refractivity contribution in [3.8, 4) is 0 Å². The Morgan fingerprint density at radius 1 is 1.09 bits per heavy atom. The van der Waals surface area contributed by atoms with Crippen LogP contribution in [0.4, 0.5) is 18.9 Å². The van der Waals surface area contributed by atoms with E-state index >= 15 is 0 Å². The van der Waals surface area contributed by atoms with Gasteiger partial charge in [0.25, 0.3) is 5.91 Å². The van der Waals surface area contributed by atoms with Crippen molar-refractivity contribution in [1.82, 2.24) is 0 Å². The quantitative estimate of drug-likeness (QED) is 0.448. The first-order valence-corrected chi connectivity index (χ1v) is 12.6. The molecule has 2 aromatic rings. The van der Waals surface area contributed by atoms with Gasteiger partial charge >= 0.3 is 5.97 Å². The number of ether oxygens (including phenoxy) is 1. The topological polar surface area (TPSA) is 110 Å². The van der Waals surface area contributed by atoms with E-state index in [1.54, 1.807) is 0 Å². The highest BCUT2D eigenvalue weighted by Crippen LogP contribution is 2.51. The first-order chi connectivity index (χ1) is 16.4. The van der Waals surface area contributed by atoms with Gasteiger partial charge < -0.3 is 15.2 Å². The van der Waals surface area contributed by atoms with Gasteiger partial charge in [-0.25, -0.2) is 26.4 Å². The van der Waals surface area contributed by atoms with Crippen LogP contribution in [0.25, 0.3) is 0 Å². The average Bonchev–Trinajstić information content (AvgIpc) is 3.09. The van der Waals surface area contributed by atoms with Gasteiger partial charge in [0.1, 0.15) is 0 Å². The molecule has 0 spiro atoms. The van der Waals surface area contributed by atoms with Crippen LogP contribution in [0.3, 0.4) is 0 Å². The molecule has 2 fully saturated rings. The molecule has 0 aromatic heterocycles. The van der Waals surface area contributed by atoms with Gasteiger partial charge in [-0.05, 0) is 55.7 Å². The number of amides is 1. The van der Waals surface area contributed by atoms with E-state index in [1.165, 1.54) is 12.1 Å². The third-order valence-electron chi connectivity index (χ3n) is 6.70. The van der Waals surface area contributed by atoms with E-state index in [0.717, 1.165) is 13.2 Å². The fourth-order valence-electron chi connectivity index (χ4n) is 5.23. The maximum atomic E-state index is 13.6. The number of carbonyl (C=O) groups is 2. The Kier molecular flexibility index (Phi) is 6.62. The number of rotatable bonds is 5. The largest absolute Gasteiger partial charge is 0.467 e. The molecule has 1 unspecified atom stereocenters. The lowest BCUT2D eigenvalue weighted by atomic mass is 9.77. The second-order valence-electron chi connectivity index (χ2n) is 8.89. The first kappa shape index (κ1) is 25.5. The Bertz CT molecular complexity index is 1280. The second-order valence-corrected chi connectivity index (χ2v) is 11.4. The van der Waals surface area contributed by atoms with Gasteiger partial charge in [0.05, 0.1) is 22.3 Å². The van der Waals surface area contributed by atoms with Crippen LogP contribution in [0.2, 0.25) is 5.02 Å². The van der Waals surface area contributed by atoms with Crippen LogP contribution in [-0.4, -0.2) is 43.4 Å². The Labute approximate surface area is 204 Å². The van der Waals surface area contributed by atoms with Crippen molar-refractivity contribution in [1.29, 1.82) is 0 Å². The minimum atomic E-state index is -4.10. The number of nitrogens with one attached hydrogen (secondary N) is 1. The number of carbonyl (C=O) groups excluding carboxylic acids is 2. The predicted molar refractivity (Wildman–Crippen MR) is 119 cm³/mol. The summed E-state index contributed by atoms with van der Waals surface area (Å²) in [5.41, 5.74) is -2.29. The summed E-state index contributed by atoms with van der Waals surface area (Å²) in [5.74, 6) is -7.45. The summed E-state index contributed by atoms with van der Waals surface area (Å²) in [6.45, 7) is 0. The lowest BCUT2D eigenvalue weighted by molar-refractivity contribution is -0.168. The maximum Gasteiger partial charge on any atom is 0.337 e. The van der Waals surface area contributed by atoms with Gasteiger partial charge in [-0.3, -0.25) is 4.79 Å². The monoisotopic (exact) mass is 531 g/mol. The van der Waals surface area contributed by atoms with Crippen LogP contribution in [0.1, 0.15) is 36.0 Å². The molecule has 2 aromatic carbocycles. The van der Waals surface area contributed by atoms with Gasteiger partial charge in [0.2, 0.25) is 0 Å². The molecule has 0 aliphatic heterocycles. The molecule has 2 bridgehead atoms. The van der Waals surface area contributed by atoms with Crippen LogP contribution in [-0.2, 0) is 19.4 Å². The van der Waals surface area contributed by atoms with E-state index in [2.05, 4.69) is 10.1 Å². The highest BCUT2D eigenvalue weighted by Gasteiger charge is 2.57. The summed E-state index contributed by atoms with van der Waals surface area (Å²) in [4.78, 5) is 24.4. The van der Waals surface area contributed by atoms with E-state index in [9.17, 15) is 36.3 Å². The minimum absolute atomic E-state index is 0.0838. The zero-order valence-electron chi connectivity index (χ0n) is 18.4. The zero-order chi connectivity index (χ0) is 25.7. The number of hydrogen-bond acceptors (Lipinski definition) is 6. The maximum absolute atomic E-state index is 13.6. The summed E-state index contributed by atoms with van der Waals surface area (Å²) in [7, 11) is -2.96. The minimum Gasteiger partial charge on any atom is -0.467 e. The van der Waals surface area contributed by atoms with Gasteiger partial charge in [0, 0.05) is 23.4 Å². The molecule has 188 valence electrons. The Hall–Kier alpha value is -2.63. The third-order valence-corrected chi connectivity index (χ3v) is 9.58. The molecule has 2 N–H and O–H groups in total. The molecule has 2 aliphatic carbocycles. The molecule has 0 heterocycles. The van der Waals surface area contributed by atoms with Crippen molar-refractivity contribution in [2.75, 3.05) is 12.4 Å². The summed E-state index contributed by atoms with van der Waals surface area (Å²) >= 11 is 6.19. The van der Waals surface area contributed by atoms with Crippen molar-refractivity contribution in [3.63, 3.8) is 0 Å². The smallest absolute Gasteiger partial charge is 0.337 e. The summed E-state index contributed by atoms with van der Waals surface area (Å²) < 4.78 is 72.0. The highest BCUT2D eigenvalue weighted by molar-refractivity contribution is 7.92. The third kappa shape index (κ3) is 4.52. The molecule has 0 radical (unpaired) electrons. The van der Waals surface area contributed by atoms with Crippen molar-refractivity contribution in [3.05, 3.63) is 58.4 Å². The van der Waals surface area contributed by atoms with E-state index in [4.69, 9.17) is 11.6 Å². The molecule has 4 atom stereocenters. The number of fused-ring (bicyclic) bond motifs is 2. The van der Waals surface area contributed by atoms with E-state index in [0.29, 0.717) is 25.0 Å². The molecule has 7 nitrogen and oxygen atoms in total. The molecule has 0 saturated heterocycles. The summed E-state index contributed by atoms with van der Waals surface area (Å²) in [5, 5.41) is 11.9. The number of esters is 1. The normalized spacial score (nSPS) is 25.8. The van der Waals surface area contributed by atoms with E-state index in [-0.39, 0.29) is 34.0 Å².